The molecule has 7 heteroatoms. The number of carbonyl (C=O) groups is 1. The molecule has 0 saturated heterocycles. The SMILES string of the molecule is Cc1cc(C)n(C)c(=O)c1C(=O)NC(C)c1ccc(-n2cncn2)cc1. The van der Waals surface area contributed by atoms with Gasteiger partial charge in [0.1, 0.15) is 18.2 Å². The lowest BCUT2D eigenvalue weighted by Crippen LogP contribution is -2.35. The van der Waals surface area contributed by atoms with Crippen molar-refractivity contribution >= 4 is 5.91 Å². The van der Waals surface area contributed by atoms with Crippen LogP contribution in [0.4, 0.5) is 0 Å². The third-order valence-electron chi connectivity index (χ3n) is 4.52. The zero-order valence-electron chi connectivity index (χ0n) is 15.2. The Morgan fingerprint density at radius 2 is 1.88 bits per heavy atom. The number of nitrogens with one attached hydrogen (secondary N) is 1. The minimum Gasteiger partial charge on any atom is -0.345 e. The summed E-state index contributed by atoms with van der Waals surface area (Å²) in [4.78, 5) is 29.0. The number of carbonyl (C=O) groups excluding carboxylic acids is 1. The van der Waals surface area contributed by atoms with Crippen LogP contribution in [0.1, 0.15) is 40.1 Å². The predicted molar refractivity (Wildman–Crippen MR) is 98.4 cm³/mol. The Balaban J connectivity index is 1.80. The molecule has 2 aromatic heterocycles. The van der Waals surface area contributed by atoms with E-state index >= 15 is 0 Å². The smallest absolute Gasteiger partial charge is 0.263 e. The average Bonchev–Trinajstić information content (AvgIpc) is 3.14. The van der Waals surface area contributed by atoms with Crippen molar-refractivity contribution in [2.24, 2.45) is 7.05 Å². The van der Waals surface area contributed by atoms with E-state index in [0.717, 1.165) is 16.9 Å². The molecule has 26 heavy (non-hydrogen) atoms. The fourth-order valence-electron chi connectivity index (χ4n) is 2.86. The molecule has 0 fully saturated rings. The molecule has 2 heterocycles. The fourth-order valence-corrected chi connectivity index (χ4v) is 2.86. The van der Waals surface area contributed by atoms with E-state index in [1.165, 1.54) is 10.9 Å². The van der Waals surface area contributed by atoms with Gasteiger partial charge in [0.2, 0.25) is 0 Å². The van der Waals surface area contributed by atoms with Gasteiger partial charge >= 0.3 is 0 Å². The van der Waals surface area contributed by atoms with E-state index in [4.69, 9.17) is 0 Å². The van der Waals surface area contributed by atoms with Gasteiger partial charge in [-0.05, 0) is 50.1 Å². The second-order valence-electron chi connectivity index (χ2n) is 6.33. The van der Waals surface area contributed by atoms with Crippen LogP contribution in [0.15, 0.2) is 47.8 Å². The van der Waals surface area contributed by atoms with E-state index in [1.807, 2.05) is 44.2 Å². The number of pyridine rings is 1. The molecule has 1 aromatic carbocycles. The molecule has 0 saturated carbocycles. The van der Waals surface area contributed by atoms with E-state index in [-0.39, 0.29) is 23.1 Å². The largest absolute Gasteiger partial charge is 0.345 e. The zero-order valence-corrected chi connectivity index (χ0v) is 15.2. The van der Waals surface area contributed by atoms with Gasteiger partial charge in [-0.3, -0.25) is 9.59 Å². The Bertz CT molecular complexity index is 988. The first kappa shape index (κ1) is 17.6. The van der Waals surface area contributed by atoms with E-state index < -0.39 is 0 Å². The standard InChI is InChI=1S/C19H21N5O2/c1-12-9-13(2)23(4)19(26)17(12)18(25)22-14(3)15-5-7-16(8-6-15)24-11-20-10-21-24/h5-11,14H,1-4H3,(H,22,25). The van der Waals surface area contributed by atoms with Crippen molar-refractivity contribution in [3.8, 4) is 5.69 Å². The van der Waals surface area contributed by atoms with Gasteiger partial charge in [0.25, 0.3) is 11.5 Å². The molecule has 3 rings (SSSR count). The molecular weight excluding hydrogens is 330 g/mol. The first-order chi connectivity index (χ1) is 12.4. The van der Waals surface area contributed by atoms with E-state index in [9.17, 15) is 9.59 Å². The summed E-state index contributed by atoms with van der Waals surface area (Å²) in [6.07, 6.45) is 3.09. The minimum atomic E-state index is -0.365. The molecule has 0 aliphatic rings. The highest BCUT2D eigenvalue weighted by Crippen LogP contribution is 2.16. The van der Waals surface area contributed by atoms with Crippen LogP contribution in [0.3, 0.4) is 0 Å². The Morgan fingerprint density at radius 3 is 2.50 bits per heavy atom. The van der Waals surface area contributed by atoms with E-state index in [2.05, 4.69) is 15.4 Å². The maximum absolute atomic E-state index is 12.6. The van der Waals surface area contributed by atoms with Crippen LogP contribution < -0.4 is 10.9 Å². The number of aromatic nitrogens is 4. The number of hydrogen-bond acceptors (Lipinski definition) is 4. The molecule has 3 aromatic rings. The third kappa shape index (κ3) is 3.28. The van der Waals surface area contributed by atoms with Crippen LogP contribution in [0, 0.1) is 13.8 Å². The summed E-state index contributed by atoms with van der Waals surface area (Å²) in [6, 6.07) is 9.25. The number of amides is 1. The highest BCUT2D eigenvalue weighted by atomic mass is 16.2. The minimum absolute atomic E-state index is 0.184. The highest BCUT2D eigenvalue weighted by molar-refractivity contribution is 5.95. The lowest BCUT2D eigenvalue weighted by molar-refractivity contribution is 0.0937. The molecule has 1 N–H and O–H groups in total. The number of benzene rings is 1. The van der Waals surface area contributed by atoms with Crippen molar-refractivity contribution in [2.75, 3.05) is 0 Å². The molecule has 0 spiro atoms. The van der Waals surface area contributed by atoms with Crippen molar-refractivity contribution in [2.45, 2.75) is 26.8 Å². The summed E-state index contributed by atoms with van der Waals surface area (Å²) < 4.78 is 3.14. The number of nitrogens with zero attached hydrogens (tertiary/aromatic N) is 4. The first-order valence-corrected chi connectivity index (χ1v) is 8.31. The van der Waals surface area contributed by atoms with Crippen LogP contribution in [0.5, 0.6) is 0 Å². The molecular formula is C19H21N5O2. The number of rotatable bonds is 4. The maximum Gasteiger partial charge on any atom is 0.263 e. The molecule has 134 valence electrons. The Labute approximate surface area is 151 Å². The Morgan fingerprint density at radius 1 is 1.19 bits per heavy atom. The molecule has 1 amide bonds. The van der Waals surface area contributed by atoms with Gasteiger partial charge in [0.05, 0.1) is 11.7 Å². The Hall–Kier alpha value is -3.22. The molecule has 0 aliphatic carbocycles. The summed E-state index contributed by atoms with van der Waals surface area (Å²) in [5.74, 6) is -0.365. The normalized spacial score (nSPS) is 12.0. The molecule has 1 unspecified atom stereocenters. The van der Waals surface area contributed by atoms with Gasteiger partial charge < -0.3 is 9.88 Å². The molecule has 0 bridgehead atoms. The maximum atomic E-state index is 12.6. The summed E-state index contributed by atoms with van der Waals surface area (Å²) in [5, 5.41) is 6.99. The van der Waals surface area contributed by atoms with Crippen LogP contribution in [-0.2, 0) is 7.05 Å². The highest BCUT2D eigenvalue weighted by Gasteiger charge is 2.18. The van der Waals surface area contributed by atoms with Gasteiger partial charge in [0, 0.05) is 12.7 Å². The van der Waals surface area contributed by atoms with E-state index in [0.29, 0.717) is 5.56 Å². The Kier molecular flexibility index (Phi) is 4.71. The average molecular weight is 351 g/mol. The third-order valence-corrected chi connectivity index (χ3v) is 4.52. The summed E-state index contributed by atoms with van der Waals surface area (Å²) >= 11 is 0. The lowest BCUT2D eigenvalue weighted by atomic mass is 10.1. The monoisotopic (exact) mass is 351 g/mol. The zero-order chi connectivity index (χ0) is 18.8. The van der Waals surface area contributed by atoms with Crippen molar-refractivity contribution in [3.63, 3.8) is 0 Å². The van der Waals surface area contributed by atoms with Crippen LogP contribution >= 0.6 is 0 Å². The van der Waals surface area contributed by atoms with Gasteiger partial charge in [-0.15, -0.1) is 0 Å². The first-order valence-electron chi connectivity index (χ1n) is 8.31. The summed E-state index contributed by atoms with van der Waals surface area (Å²) in [5.41, 5.74) is 3.22. The topological polar surface area (TPSA) is 81.8 Å². The van der Waals surface area contributed by atoms with Crippen molar-refractivity contribution < 1.29 is 4.79 Å². The quantitative estimate of drug-likeness (QED) is 0.780. The number of hydrogen-bond donors (Lipinski definition) is 1. The van der Waals surface area contributed by atoms with Gasteiger partial charge in [-0.2, -0.15) is 5.10 Å². The predicted octanol–water partition coefficient (Wildman–Crippen LogP) is 2.07. The van der Waals surface area contributed by atoms with E-state index in [1.54, 1.807) is 25.0 Å². The van der Waals surface area contributed by atoms with Crippen LogP contribution in [-0.4, -0.2) is 25.2 Å². The molecule has 7 nitrogen and oxygen atoms in total. The van der Waals surface area contributed by atoms with Gasteiger partial charge in [-0.25, -0.2) is 9.67 Å². The van der Waals surface area contributed by atoms with Crippen LogP contribution in [0.2, 0.25) is 0 Å². The second kappa shape index (κ2) is 6.95. The van der Waals surface area contributed by atoms with Crippen molar-refractivity contribution in [1.29, 1.82) is 0 Å². The van der Waals surface area contributed by atoms with Crippen molar-refractivity contribution in [1.82, 2.24) is 24.6 Å². The number of aryl methyl sites for hydroxylation is 2. The lowest BCUT2D eigenvalue weighted by Gasteiger charge is -2.16. The molecule has 0 radical (unpaired) electrons. The molecule has 1 atom stereocenters. The summed E-state index contributed by atoms with van der Waals surface area (Å²) in [6.45, 7) is 5.51. The molecule has 0 aliphatic heterocycles. The van der Waals surface area contributed by atoms with Gasteiger partial charge in [0.15, 0.2) is 0 Å². The fraction of sp³-hybridized carbons (Fsp3) is 0.263. The van der Waals surface area contributed by atoms with Crippen molar-refractivity contribution in [3.05, 3.63) is 75.7 Å². The van der Waals surface area contributed by atoms with Gasteiger partial charge in [-0.1, -0.05) is 12.1 Å². The second-order valence-corrected chi connectivity index (χ2v) is 6.33. The summed E-state index contributed by atoms with van der Waals surface area (Å²) in [7, 11) is 1.67. The van der Waals surface area contributed by atoms with Crippen LogP contribution in [0.25, 0.3) is 5.69 Å².